The quantitative estimate of drug-likeness (QED) is 0.744. The van der Waals surface area contributed by atoms with Gasteiger partial charge in [0, 0.05) is 17.3 Å². The van der Waals surface area contributed by atoms with E-state index < -0.39 is 0 Å². The van der Waals surface area contributed by atoms with Crippen molar-refractivity contribution >= 4 is 6.21 Å². The third kappa shape index (κ3) is 4.41. The van der Waals surface area contributed by atoms with E-state index in [9.17, 15) is 10.2 Å². The summed E-state index contributed by atoms with van der Waals surface area (Å²) in [5.41, 5.74) is 3.04. The SMILES string of the molecule is CC(C)(C)c1cccc(C=NCc2cccc(C(C)(C)C)c2O)c1O. The van der Waals surface area contributed by atoms with Crippen LogP contribution >= 0.6 is 0 Å². The Balaban J connectivity index is 2.26. The number of hydrogen-bond acceptors (Lipinski definition) is 3. The van der Waals surface area contributed by atoms with Crippen molar-refractivity contribution in [2.45, 2.75) is 58.9 Å². The molecule has 0 radical (unpaired) electrons. The zero-order chi connectivity index (χ0) is 18.8. The first-order valence-electron chi connectivity index (χ1n) is 8.65. The van der Waals surface area contributed by atoms with Gasteiger partial charge in [0.1, 0.15) is 11.5 Å². The molecule has 25 heavy (non-hydrogen) atoms. The first-order chi connectivity index (χ1) is 11.5. The number of phenols is 2. The summed E-state index contributed by atoms with van der Waals surface area (Å²) in [6.07, 6.45) is 1.67. The average Bonchev–Trinajstić information content (AvgIpc) is 2.48. The maximum Gasteiger partial charge on any atom is 0.128 e. The molecular formula is C22H29NO2. The Kier molecular flexibility index (Phi) is 5.26. The van der Waals surface area contributed by atoms with E-state index in [0.29, 0.717) is 17.9 Å². The average molecular weight is 339 g/mol. The minimum absolute atomic E-state index is 0.122. The van der Waals surface area contributed by atoms with E-state index in [0.717, 1.165) is 16.7 Å². The molecule has 0 saturated carbocycles. The third-order valence-electron chi connectivity index (χ3n) is 4.29. The lowest BCUT2D eigenvalue weighted by atomic mass is 9.85. The number of aliphatic imine (C=N–C) groups is 1. The van der Waals surface area contributed by atoms with Crippen LogP contribution in [0.5, 0.6) is 11.5 Å². The van der Waals surface area contributed by atoms with E-state index in [1.165, 1.54) is 0 Å². The molecule has 2 rings (SSSR count). The molecule has 3 heteroatoms. The van der Waals surface area contributed by atoms with Gasteiger partial charge >= 0.3 is 0 Å². The fraction of sp³-hybridized carbons (Fsp3) is 0.409. The highest BCUT2D eigenvalue weighted by Gasteiger charge is 2.20. The number of hydrogen-bond donors (Lipinski definition) is 2. The molecule has 0 aliphatic rings. The Labute approximate surface area is 151 Å². The molecule has 0 spiro atoms. The summed E-state index contributed by atoms with van der Waals surface area (Å²) in [5, 5.41) is 21.0. The van der Waals surface area contributed by atoms with Crippen molar-refractivity contribution in [1.29, 1.82) is 0 Å². The molecule has 2 aromatic rings. The van der Waals surface area contributed by atoms with Crippen LogP contribution in [0.1, 0.15) is 63.8 Å². The van der Waals surface area contributed by atoms with Crippen LogP contribution in [-0.2, 0) is 17.4 Å². The van der Waals surface area contributed by atoms with E-state index >= 15 is 0 Å². The van der Waals surface area contributed by atoms with E-state index in [-0.39, 0.29) is 16.6 Å². The van der Waals surface area contributed by atoms with Gasteiger partial charge in [0.2, 0.25) is 0 Å². The van der Waals surface area contributed by atoms with Crippen molar-refractivity contribution in [3.8, 4) is 11.5 Å². The van der Waals surface area contributed by atoms with Gasteiger partial charge in [-0.3, -0.25) is 4.99 Å². The molecule has 3 nitrogen and oxygen atoms in total. The fourth-order valence-corrected chi connectivity index (χ4v) is 2.84. The van der Waals surface area contributed by atoms with Gasteiger partial charge in [-0.05, 0) is 28.0 Å². The molecule has 0 fully saturated rings. The van der Waals surface area contributed by atoms with Gasteiger partial charge < -0.3 is 10.2 Å². The lowest BCUT2D eigenvalue weighted by Gasteiger charge is -2.21. The highest BCUT2D eigenvalue weighted by Crippen LogP contribution is 2.34. The Bertz CT molecular complexity index is 778. The second-order valence-electron chi connectivity index (χ2n) is 8.53. The molecular weight excluding hydrogens is 310 g/mol. The molecule has 0 heterocycles. The molecule has 0 aliphatic carbocycles. The van der Waals surface area contributed by atoms with Crippen molar-refractivity contribution in [2.75, 3.05) is 0 Å². The molecule has 0 aromatic heterocycles. The van der Waals surface area contributed by atoms with Crippen LogP contribution < -0.4 is 0 Å². The second-order valence-corrected chi connectivity index (χ2v) is 8.53. The number of para-hydroxylation sites is 2. The fourth-order valence-electron chi connectivity index (χ4n) is 2.84. The number of phenolic OH excluding ortho intramolecular Hbond substituents is 2. The van der Waals surface area contributed by atoms with Crippen LogP contribution in [0.25, 0.3) is 0 Å². The lowest BCUT2D eigenvalue weighted by Crippen LogP contribution is -2.12. The highest BCUT2D eigenvalue weighted by molar-refractivity contribution is 5.84. The number of rotatable bonds is 3. The van der Waals surface area contributed by atoms with E-state index in [1.54, 1.807) is 6.21 Å². The number of nitrogens with zero attached hydrogens (tertiary/aromatic N) is 1. The molecule has 0 bridgehead atoms. The first kappa shape index (κ1) is 19.0. The van der Waals surface area contributed by atoms with Crippen LogP contribution in [-0.4, -0.2) is 16.4 Å². The van der Waals surface area contributed by atoms with E-state index in [1.807, 2.05) is 36.4 Å². The Morgan fingerprint density at radius 3 is 1.88 bits per heavy atom. The molecule has 0 atom stereocenters. The third-order valence-corrected chi connectivity index (χ3v) is 4.29. The van der Waals surface area contributed by atoms with Gasteiger partial charge in [-0.2, -0.15) is 0 Å². The molecule has 2 N–H and O–H groups in total. The van der Waals surface area contributed by atoms with Gasteiger partial charge in [0.15, 0.2) is 0 Å². The molecule has 134 valence electrons. The zero-order valence-corrected chi connectivity index (χ0v) is 16.1. The Morgan fingerprint density at radius 1 is 0.800 bits per heavy atom. The summed E-state index contributed by atoms with van der Waals surface area (Å²) >= 11 is 0. The summed E-state index contributed by atoms with van der Waals surface area (Å²) in [4.78, 5) is 4.43. The predicted octanol–water partition coefficient (Wildman–Crippen LogP) is 5.31. The van der Waals surface area contributed by atoms with Crippen molar-refractivity contribution in [3.05, 3.63) is 58.7 Å². The maximum atomic E-state index is 10.5. The Hall–Kier alpha value is -2.29. The van der Waals surface area contributed by atoms with Crippen LogP contribution in [0.4, 0.5) is 0 Å². The van der Waals surface area contributed by atoms with Gasteiger partial charge in [-0.25, -0.2) is 0 Å². The number of aromatic hydroxyl groups is 2. The predicted molar refractivity (Wildman–Crippen MR) is 105 cm³/mol. The summed E-state index contributed by atoms with van der Waals surface area (Å²) in [6, 6.07) is 11.5. The van der Waals surface area contributed by atoms with Crippen molar-refractivity contribution in [2.24, 2.45) is 4.99 Å². The first-order valence-corrected chi connectivity index (χ1v) is 8.65. The van der Waals surface area contributed by atoms with E-state index in [2.05, 4.69) is 46.5 Å². The van der Waals surface area contributed by atoms with Gasteiger partial charge in [-0.15, -0.1) is 0 Å². The number of benzene rings is 2. The second kappa shape index (κ2) is 6.91. The van der Waals surface area contributed by atoms with Crippen LogP contribution in [0.3, 0.4) is 0 Å². The monoisotopic (exact) mass is 339 g/mol. The zero-order valence-electron chi connectivity index (χ0n) is 16.1. The van der Waals surface area contributed by atoms with Crippen LogP contribution in [0, 0.1) is 0 Å². The normalized spacial score (nSPS) is 12.7. The summed E-state index contributed by atoms with van der Waals surface area (Å²) in [5.74, 6) is 0.575. The van der Waals surface area contributed by atoms with Gasteiger partial charge in [0.05, 0.1) is 6.54 Å². The minimum atomic E-state index is -0.132. The lowest BCUT2D eigenvalue weighted by molar-refractivity contribution is 0.440. The van der Waals surface area contributed by atoms with Crippen molar-refractivity contribution in [1.82, 2.24) is 0 Å². The highest BCUT2D eigenvalue weighted by atomic mass is 16.3. The topological polar surface area (TPSA) is 52.8 Å². The minimum Gasteiger partial charge on any atom is -0.507 e. The van der Waals surface area contributed by atoms with Gasteiger partial charge in [0.25, 0.3) is 0 Å². The maximum absolute atomic E-state index is 10.5. The van der Waals surface area contributed by atoms with E-state index in [4.69, 9.17) is 0 Å². The van der Waals surface area contributed by atoms with Crippen LogP contribution in [0.2, 0.25) is 0 Å². The molecule has 0 amide bonds. The summed E-state index contributed by atoms with van der Waals surface area (Å²) in [6.45, 7) is 12.8. The van der Waals surface area contributed by atoms with Gasteiger partial charge in [-0.1, -0.05) is 71.9 Å². The molecule has 0 aliphatic heterocycles. The van der Waals surface area contributed by atoms with Crippen molar-refractivity contribution in [3.63, 3.8) is 0 Å². The largest absolute Gasteiger partial charge is 0.507 e. The molecule has 2 aromatic carbocycles. The smallest absolute Gasteiger partial charge is 0.128 e. The standard InChI is InChI=1S/C22H29NO2/c1-21(2,3)17-11-7-9-15(19(17)24)13-23-14-16-10-8-12-18(20(16)25)22(4,5)6/h7-13,24-25H,14H2,1-6H3. The van der Waals surface area contributed by atoms with Crippen molar-refractivity contribution < 1.29 is 10.2 Å². The van der Waals surface area contributed by atoms with Crippen LogP contribution in [0.15, 0.2) is 41.4 Å². The summed E-state index contributed by atoms with van der Waals surface area (Å²) < 4.78 is 0. The molecule has 0 unspecified atom stereocenters. The molecule has 0 saturated heterocycles. The summed E-state index contributed by atoms with van der Waals surface area (Å²) in [7, 11) is 0. The Morgan fingerprint density at radius 2 is 1.32 bits per heavy atom.